The lowest BCUT2D eigenvalue weighted by Crippen LogP contribution is -2.40. The van der Waals surface area contributed by atoms with Crippen molar-refractivity contribution in [3.05, 3.63) is 23.5 Å². The van der Waals surface area contributed by atoms with Gasteiger partial charge in [-0.2, -0.15) is 0 Å². The van der Waals surface area contributed by atoms with Crippen LogP contribution in [0.25, 0.3) is 0 Å². The fourth-order valence-corrected chi connectivity index (χ4v) is 2.03. The van der Waals surface area contributed by atoms with Crippen LogP contribution in [-0.2, 0) is 11.3 Å². The first-order valence-corrected chi connectivity index (χ1v) is 5.74. The number of morpholine rings is 1. The number of nitrogen functional groups attached to an aromatic ring is 1. The first-order chi connectivity index (χ1) is 8.17. The molecule has 2 rings (SSSR count). The molecular weight excluding hydrogens is 214 g/mol. The summed E-state index contributed by atoms with van der Waals surface area (Å²) in [7, 11) is 0. The Kier molecular flexibility index (Phi) is 3.62. The van der Waals surface area contributed by atoms with E-state index in [4.69, 9.17) is 16.9 Å². The Morgan fingerprint density at radius 1 is 1.65 bits per heavy atom. The smallest absolute Gasteiger partial charge is 0.115 e. The van der Waals surface area contributed by atoms with Crippen molar-refractivity contribution >= 4 is 5.69 Å². The third-order valence-electron chi connectivity index (χ3n) is 2.76. The summed E-state index contributed by atoms with van der Waals surface area (Å²) in [6.07, 6.45) is 5.62. The van der Waals surface area contributed by atoms with E-state index in [1.54, 1.807) is 6.07 Å². The standard InChI is InChI=1S/C13H17N3O/c1-3-12-6-11(14)7-13(15-12)9-16-4-5-17-10(2)8-16/h1,6-7,10H,4-5,8-9H2,2H3,(H2,14,15)/t10-/m1/s1. The Morgan fingerprint density at radius 2 is 2.47 bits per heavy atom. The van der Waals surface area contributed by atoms with Crippen LogP contribution in [0.15, 0.2) is 12.1 Å². The second-order valence-electron chi connectivity index (χ2n) is 4.34. The molecule has 0 radical (unpaired) electrons. The van der Waals surface area contributed by atoms with Crippen molar-refractivity contribution in [3.63, 3.8) is 0 Å². The van der Waals surface area contributed by atoms with E-state index >= 15 is 0 Å². The van der Waals surface area contributed by atoms with E-state index in [1.807, 2.05) is 6.07 Å². The lowest BCUT2D eigenvalue weighted by atomic mass is 10.2. The van der Waals surface area contributed by atoms with Gasteiger partial charge in [-0.1, -0.05) is 5.92 Å². The summed E-state index contributed by atoms with van der Waals surface area (Å²) in [5, 5.41) is 0. The average molecular weight is 231 g/mol. The van der Waals surface area contributed by atoms with Gasteiger partial charge in [0.05, 0.1) is 18.4 Å². The zero-order valence-corrected chi connectivity index (χ0v) is 10.0. The third-order valence-corrected chi connectivity index (χ3v) is 2.76. The minimum absolute atomic E-state index is 0.275. The molecule has 0 saturated carbocycles. The largest absolute Gasteiger partial charge is 0.399 e. The van der Waals surface area contributed by atoms with E-state index in [9.17, 15) is 0 Å². The molecule has 90 valence electrons. The maximum atomic E-state index is 5.79. The van der Waals surface area contributed by atoms with Crippen molar-refractivity contribution in [1.82, 2.24) is 9.88 Å². The van der Waals surface area contributed by atoms with Crippen molar-refractivity contribution in [2.75, 3.05) is 25.4 Å². The molecule has 1 fully saturated rings. The lowest BCUT2D eigenvalue weighted by Gasteiger charge is -2.30. The van der Waals surface area contributed by atoms with Crippen molar-refractivity contribution < 1.29 is 4.74 Å². The molecule has 4 heteroatoms. The number of hydrogen-bond acceptors (Lipinski definition) is 4. The Hall–Kier alpha value is -1.57. The topological polar surface area (TPSA) is 51.4 Å². The van der Waals surface area contributed by atoms with E-state index in [0.717, 1.165) is 31.9 Å². The molecular formula is C13H17N3O. The molecule has 0 spiro atoms. The fourth-order valence-electron chi connectivity index (χ4n) is 2.03. The quantitative estimate of drug-likeness (QED) is 0.767. The van der Waals surface area contributed by atoms with Gasteiger partial charge >= 0.3 is 0 Å². The van der Waals surface area contributed by atoms with Crippen LogP contribution in [0.2, 0.25) is 0 Å². The Bertz CT molecular complexity index is 439. The summed E-state index contributed by atoms with van der Waals surface area (Å²) >= 11 is 0. The average Bonchev–Trinajstić information content (AvgIpc) is 2.28. The van der Waals surface area contributed by atoms with Gasteiger partial charge < -0.3 is 10.5 Å². The fraction of sp³-hybridized carbons (Fsp3) is 0.462. The summed E-state index contributed by atoms with van der Waals surface area (Å²) in [4.78, 5) is 6.67. The molecule has 0 aliphatic carbocycles. The number of nitrogens with two attached hydrogens (primary N) is 1. The van der Waals surface area contributed by atoms with Crippen LogP contribution in [0, 0.1) is 12.3 Å². The molecule has 0 amide bonds. The Morgan fingerprint density at radius 3 is 3.18 bits per heavy atom. The summed E-state index contributed by atoms with van der Waals surface area (Å²) in [5.41, 5.74) is 7.98. The van der Waals surface area contributed by atoms with Crippen molar-refractivity contribution in [3.8, 4) is 12.3 Å². The van der Waals surface area contributed by atoms with Crippen LogP contribution < -0.4 is 5.73 Å². The first kappa shape index (κ1) is 11.9. The monoisotopic (exact) mass is 231 g/mol. The SMILES string of the molecule is C#Cc1cc(N)cc(CN2CCO[C@H](C)C2)n1. The number of ether oxygens (including phenoxy) is 1. The number of hydrogen-bond donors (Lipinski definition) is 1. The molecule has 1 aromatic heterocycles. The van der Waals surface area contributed by atoms with E-state index in [-0.39, 0.29) is 6.10 Å². The van der Waals surface area contributed by atoms with E-state index in [2.05, 4.69) is 22.7 Å². The summed E-state index contributed by atoms with van der Waals surface area (Å²) in [6, 6.07) is 3.59. The molecule has 0 bridgehead atoms. The molecule has 1 atom stereocenters. The second-order valence-corrected chi connectivity index (χ2v) is 4.34. The maximum absolute atomic E-state index is 5.79. The van der Waals surface area contributed by atoms with Crippen molar-refractivity contribution in [1.29, 1.82) is 0 Å². The highest BCUT2D eigenvalue weighted by atomic mass is 16.5. The first-order valence-electron chi connectivity index (χ1n) is 5.74. The van der Waals surface area contributed by atoms with Gasteiger partial charge in [-0.05, 0) is 19.1 Å². The molecule has 1 aliphatic rings. The van der Waals surface area contributed by atoms with Gasteiger partial charge in [0.1, 0.15) is 5.69 Å². The van der Waals surface area contributed by atoms with Crippen LogP contribution in [-0.4, -0.2) is 35.7 Å². The predicted molar refractivity (Wildman–Crippen MR) is 67.3 cm³/mol. The maximum Gasteiger partial charge on any atom is 0.115 e. The number of terminal acetylenes is 1. The highest BCUT2D eigenvalue weighted by Crippen LogP contribution is 2.12. The number of rotatable bonds is 2. The summed E-state index contributed by atoms with van der Waals surface area (Å²) in [6.45, 7) is 5.46. The highest BCUT2D eigenvalue weighted by molar-refractivity contribution is 5.44. The molecule has 1 aliphatic heterocycles. The summed E-state index contributed by atoms with van der Waals surface area (Å²) in [5.74, 6) is 2.52. The van der Waals surface area contributed by atoms with E-state index in [1.165, 1.54) is 0 Å². The van der Waals surface area contributed by atoms with Crippen LogP contribution >= 0.6 is 0 Å². The molecule has 0 unspecified atom stereocenters. The minimum Gasteiger partial charge on any atom is -0.399 e. The third kappa shape index (κ3) is 3.19. The van der Waals surface area contributed by atoms with Crippen LogP contribution in [0.5, 0.6) is 0 Å². The van der Waals surface area contributed by atoms with Crippen LogP contribution in [0.4, 0.5) is 5.69 Å². The van der Waals surface area contributed by atoms with Crippen LogP contribution in [0.1, 0.15) is 18.3 Å². The summed E-state index contributed by atoms with van der Waals surface area (Å²) < 4.78 is 5.50. The van der Waals surface area contributed by atoms with Crippen molar-refractivity contribution in [2.24, 2.45) is 0 Å². The van der Waals surface area contributed by atoms with Gasteiger partial charge in [0, 0.05) is 25.3 Å². The number of pyridine rings is 1. The molecule has 0 aromatic carbocycles. The molecule has 2 heterocycles. The lowest BCUT2D eigenvalue weighted by molar-refractivity contribution is -0.0215. The van der Waals surface area contributed by atoms with Crippen molar-refractivity contribution in [2.45, 2.75) is 19.6 Å². The molecule has 4 nitrogen and oxygen atoms in total. The Balaban J connectivity index is 2.07. The van der Waals surface area contributed by atoms with E-state index < -0.39 is 0 Å². The second kappa shape index (κ2) is 5.17. The van der Waals surface area contributed by atoms with Gasteiger partial charge in [0.15, 0.2) is 0 Å². The minimum atomic E-state index is 0.275. The molecule has 17 heavy (non-hydrogen) atoms. The molecule has 1 saturated heterocycles. The Labute approximate surface area is 102 Å². The van der Waals surface area contributed by atoms with Gasteiger partial charge in [0.2, 0.25) is 0 Å². The van der Waals surface area contributed by atoms with Gasteiger partial charge in [-0.3, -0.25) is 4.90 Å². The number of anilines is 1. The molecule has 2 N–H and O–H groups in total. The van der Waals surface area contributed by atoms with Crippen LogP contribution in [0.3, 0.4) is 0 Å². The number of aromatic nitrogens is 1. The van der Waals surface area contributed by atoms with E-state index in [0.29, 0.717) is 11.4 Å². The zero-order chi connectivity index (χ0) is 12.3. The molecule has 1 aromatic rings. The zero-order valence-electron chi connectivity index (χ0n) is 10.0. The predicted octanol–water partition coefficient (Wildman–Crippen LogP) is 0.866. The number of nitrogens with zero attached hydrogens (tertiary/aromatic N) is 2. The normalized spacial score (nSPS) is 21.1. The van der Waals surface area contributed by atoms with Gasteiger partial charge in [-0.25, -0.2) is 4.98 Å². The van der Waals surface area contributed by atoms with Gasteiger partial charge in [0.25, 0.3) is 0 Å². The highest BCUT2D eigenvalue weighted by Gasteiger charge is 2.17. The van der Waals surface area contributed by atoms with Gasteiger partial charge in [-0.15, -0.1) is 6.42 Å².